The van der Waals surface area contributed by atoms with E-state index in [4.69, 9.17) is 5.73 Å². The van der Waals surface area contributed by atoms with Gasteiger partial charge in [-0.2, -0.15) is 13.2 Å². The van der Waals surface area contributed by atoms with Crippen LogP contribution in [0, 0.1) is 11.8 Å². The number of hydrogen-bond donors (Lipinski definition) is 1. The van der Waals surface area contributed by atoms with E-state index in [1.807, 2.05) is 5.92 Å². The molecule has 0 aliphatic rings. The molecule has 0 heterocycles. The van der Waals surface area contributed by atoms with Crippen molar-refractivity contribution in [1.82, 2.24) is 0 Å². The number of ether oxygens (including phenoxy) is 1. The lowest BCUT2D eigenvalue weighted by Crippen LogP contribution is -2.08. The van der Waals surface area contributed by atoms with Crippen LogP contribution < -0.4 is 10.5 Å². The number of carbonyl (C=O) groups is 1. The van der Waals surface area contributed by atoms with E-state index in [9.17, 15) is 18.0 Å². The first-order valence-corrected chi connectivity index (χ1v) is 4.41. The van der Waals surface area contributed by atoms with Gasteiger partial charge in [-0.15, -0.1) is 0 Å². The van der Waals surface area contributed by atoms with E-state index in [-0.39, 0.29) is 11.3 Å². The molecule has 90 valence electrons. The van der Waals surface area contributed by atoms with Crippen LogP contribution in [0.2, 0.25) is 0 Å². The maximum absolute atomic E-state index is 12.6. The van der Waals surface area contributed by atoms with Crippen molar-refractivity contribution in [2.75, 3.05) is 7.11 Å². The Hall–Kier alpha value is -2.16. The van der Waals surface area contributed by atoms with Gasteiger partial charge in [0.25, 0.3) is 5.91 Å². The van der Waals surface area contributed by atoms with Gasteiger partial charge in [0.2, 0.25) is 0 Å². The average molecular weight is 243 g/mol. The fourth-order valence-electron chi connectivity index (χ4n) is 1.14. The van der Waals surface area contributed by atoms with Gasteiger partial charge in [-0.1, -0.05) is 5.92 Å². The summed E-state index contributed by atoms with van der Waals surface area (Å²) in [6.07, 6.45) is -4.55. The van der Waals surface area contributed by atoms with Crippen molar-refractivity contribution in [3.8, 4) is 17.6 Å². The van der Waals surface area contributed by atoms with Gasteiger partial charge in [0.1, 0.15) is 5.75 Å². The molecule has 1 rings (SSSR count). The summed E-state index contributed by atoms with van der Waals surface area (Å²) in [6, 6.07) is 3.24. The first kappa shape index (κ1) is 12.9. The highest BCUT2D eigenvalue weighted by atomic mass is 19.4. The zero-order valence-electron chi connectivity index (χ0n) is 8.76. The van der Waals surface area contributed by atoms with Crippen LogP contribution in [-0.2, 0) is 11.0 Å². The van der Waals surface area contributed by atoms with Crippen LogP contribution in [0.1, 0.15) is 11.1 Å². The molecule has 0 radical (unpaired) electrons. The fraction of sp³-hybridized carbons (Fsp3) is 0.182. The normalized spacial score (nSPS) is 10.4. The summed E-state index contributed by atoms with van der Waals surface area (Å²) in [5.41, 5.74) is 3.85. The van der Waals surface area contributed by atoms with Crippen LogP contribution >= 0.6 is 0 Å². The molecule has 3 nitrogen and oxygen atoms in total. The number of hydrogen-bond acceptors (Lipinski definition) is 2. The largest absolute Gasteiger partial charge is 0.496 e. The topological polar surface area (TPSA) is 52.3 Å². The molecule has 17 heavy (non-hydrogen) atoms. The molecule has 2 N–H and O–H groups in total. The van der Waals surface area contributed by atoms with Gasteiger partial charge in [0.15, 0.2) is 0 Å². The summed E-state index contributed by atoms with van der Waals surface area (Å²) in [5, 5.41) is 0. The monoisotopic (exact) mass is 243 g/mol. The van der Waals surface area contributed by atoms with E-state index < -0.39 is 17.6 Å². The van der Waals surface area contributed by atoms with Gasteiger partial charge in [0.05, 0.1) is 12.7 Å². The first-order valence-electron chi connectivity index (χ1n) is 4.41. The molecule has 0 fully saturated rings. The maximum atomic E-state index is 12.6. The number of benzene rings is 1. The van der Waals surface area contributed by atoms with E-state index in [0.717, 1.165) is 19.2 Å². The second-order valence-electron chi connectivity index (χ2n) is 3.03. The second kappa shape index (κ2) is 4.78. The molecule has 0 saturated carbocycles. The molecule has 0 saturated heterocycles. The van der Waals surface area contributed by atoms with E-state index in [1.165, 1.54) is 6.07 Å². The number of carbonyl (C=O) groups excluding carboxylic acids is 1. The molecule has 1 aromatic rings. The van der Waals surface area contributed by atoms with Gasteiger partial charge < -0.3 is 10.5 Å². The van der Waals surface area contributed by atoms with Crippen molar-refractivity contribution in [3.63, 3.8) is 0 Å². The molecular formula is C11H8F3NO2. The summed E-state index contributed by atoms with van der Waals surface area (Å²) < 4.78 is 42.4. The molecule has 1 aromatic carbocycles. The van der Waals surface area contributed by atoms with E-state index in [2.05, 4.69) is 10.7 Å². The molecule has 0 spiro atoms. The van der Waals surface area contributed by atoms with Crippen LogP contribution in [0.5, 0.6) is 5.75 Å². The SMILES string of the molecule is COc1ccc(C#CC(N)=O)cc1C(F)(F)F. The van der Waals surface area contributed by atoms with Crippen molar-refractivity contribution in [2.45, 2.75) is 6.18 Å². The standard InChI is InChI=1S/C11H8F3NO2/c1-17-9-4-2-7(3-5-10(15)16)6-8(9)11(12,13)14/h2,4,6H,1H3,(H2,15,16). The Kier molecular flexibility index (Phi) is 3.63. The lowest BCUT2D eigenvalue weighted by atomic mass is 10.1. The van der Waals surface area contributed by atoms with E-state index in [0.29, 0.717) is 0 Å². The predicted octanol–water partition coefficient (Wildman–Crippen LogP) is 1.55. The average Bonchev–Trinajstić information content (AvgIpc) is 2.24. The smallest absolute Gasteiger partial charge is 0.420 e. The minimum absolute atomic E-state index is 0.0388. The quantitative estimate of drug-likeness (QED) is 0.761. The number of halogens is 3. The summed E-state index contributed by atoms with van der Waals surface area (Å²) in [7, 11) is 1.14. The number of rotatable bonds is 1. The third kappa shape index (κ3) is 3.41. The highest BCUT2D eigenvalue weighted by molar-refractivity contribution is 5.92. The minimum Gasteiger partial charge on any atom is -0.496 e. The van der Waals surface area contributed by atoms with Crippen LogP contribution in [-0.4, -0.2) is 13.0 Å². The number of alkyl halides is 3. The lowest BCUT2D eigenvalue weighted by Gasteiger charge is -2.11. The Labute approximate surface area is 95.4 Å². The van der Waals surface area contributed by atoms with Crippen LogP contribution in [0.3, 0.4) is 0 Å². The van der Waals surface area contributed by atoms with E-state index in [1.54, 1.807) is 0 Å². The number of primary amides is 1. The van der Waals surface area contributed by atoms with Gasteiger partial charge >= 0.3 is 6.18 Å². The highest BCUT2D eigenvalue weighted by Crippen LogP contribution is 2.36. The number of methoxy groups -OCH3 is 1. The molecule has 0 aliphatic carbocycles. The number of nitrogens with two attached hydrogens (primary N) is 1. The second-order valence-corrected chi connectivity index (χ2v) is 3.03. The summed E-state index contributed by atoms with van der Waals surface area (Å²) in [5.74, 6) is 2.97. The maximum Gasteiger partial charge on any atom is 0.420 e. The molecule has 0 aromatic heterocycles. The molecule has 0 atom stereocenters. The van der Waals surface area contributed by atoms with Crippen molar-refractivity contribution in [2.24, 2.45) is 5.73 Å². The zero-order valence-corrected chi connectivity index (χ0v) is 8.76. The third-order valence-corrected chi connectivity index (χ3v) is 1.83. The summed E-state index contributed by atoms with van der Waals surface area (Å²) >= 11 is 0. The van der Waals surface area contributed by atoms with E-state index >= 15 is 0 Å². The summed E-state index contributed by atoms with van der Waals surface area (Å²) in [4.78, 5) is 10.4. The minimum atomic E-state index is -4.55. The highest BCUT2D eigenvalue weighted by Gasteiger charge is 2.34. The molecule has 0 unspecified atom stereocenters. The van der Waals surface area contributed by atoms with Gasteiger partial charge in [-0.3, -0.25) is 4.79 Å². The van der Waals surface area contributed by atoms with Crippen molar-refractivity contribution < 1.29 is 22.7 Å². The first-order chi connectivity index (χ1) is 7.84. The Balaban J connectivity index is 3.24. The van der Waals surface area contributed by atoms with Crippen molar-refractivity contribution >= 4 is 5.91 Å². The molecule has 1 amide bonds. The fourth-order valence-corrected chi connectivity index (χ4v) is 1.14. The lowest BCUT2D eigenvalue weighted by molar-refractivity contribution is -0.138. The number of amides is 1. The Morgan fingerprint density at radius 1 is 1.41 bits per heavy atom. The van der Waals surface area contributed by atoms with Crippen molar-refractivity contribution in [1.29, 1.82) is 0 Å². The van der Waals surface area contributed by atoms with Gasteiger partial charge in [-0.25, -0.2) is 0 Å². The Morgan fingerprint density at radius 2 is 2.06 bits per heavy atom. The van der Waals surface area contributed by atoms with Crippen LogP contribution in [0.15, 0.2) is 18.2 Å². The Morgan fingerprint density at radius 3 is 2.53 bits per heavy atom. The summed E-state index contributed by atoms with van der Waals surface area (Å²) in [6.45, 7) is 0. The Bertz CT molecular complexity index is 498. The third-order valence-electron chi connectivity index (χ3n) is 1.83. The van der Waals surface area contributed by atoms with Gasteiger partial charge in [0, 0.05) is 5.56 Å². The predicted molar refractivity (Wildman–Crippen MR) is 54.1 cm³/mol. The molecule has 0 aliphatic heterocycles. The van der Waals surface area contributed by atoms with Crippen molar-refractivity contribution in [3.05, 3.63) is 29.3 Å². The van der Waals surface area contributed by atoms with Crippen LogP contribution in [0.25, 0.3) is 0 Å². The van der Waals surface area contributed by atoms with Gasteiger partial charge in [-0.05, 0) is 24.1 Å². The molecular weight excluding hydrogens is 235 g/mol. The molecule has 6 heteroatoms. The zero-order chi connectivity index (χ0) is 13.1. The van der Waals surface area contributed by atoms with Crippen LogP contribution in [0.4, 0.5) is 13.2 Å². The molecule has 0 bridgehead atoms.